The van der Waals surface area contributed by atoms with Gasteiger partial charge in [-0.3, -0.25) is 0 Å². The van der Waals surface area contributed by atoms with Crippen LogP contribution in [0.2, 0.25) is 0 Å². The van der Waals surface area contributed by atoms with E-state index in [1.165, 1.54) is 21.9 Å². The Balaban J connectivity index is 2.41. The minimum absolute atomic E-state index is 0.209. The number of hydrogen-bond acceptors (Lipinski definition) is 2. The largest absolute Gasteiger partial charge is 0.396 e. The van der Waals surface area contributed by atoms with Crippen molar-refractivity contribution in [2.45, 2.75) is 26.3 Å². The Kier molecular flexibility index (Phi) is 4.56. The van der Waals surface area contributed by atoms with Crippen molar-refractivity contribution < 1.29 is 5.11 Å². The van der Waals surface area contributed by atoms with Gasteiger partial charge in [-0.15, -0.1) is 0 Å². The first kappa shape index (κ1) is 14.0. The van der Waals surface area contributed by atoms with Gasteiger partial charge in [0.2, 0.25) is 0 Å². The first-order valence-electron chi connectivity index (χ1n) is 6.98. The molecule has 0 heterocycles. The van der Waals surface area contributed by atoms with Crippen molar-refractivity contribution in [3.8, 4) is 0 Å². The summed E-state index contributed by atoms with van der Waals surface area (Å²) in [6.07, 6.45) is 0.966. The molecule has 0 saturated heterocycles. The first-order chi connectivity index (χ1) is 9.19. The number of hydrogen-bond donors (Lipinski definition) is 2. The van der Waals surface area contributed by atoms with Crippen LogP contribution in [0, 0.1) is 12.8 Å². The van der Waals surface area contributed by atoms with Crippen LogP contribution in [0.25, 0.3) is 10.8 Å². The van der Waals surface area contributed by atoms with E-state index >= 15 is 0 Å². The van der Waals surface area contributed by atoms with Gasteiger partial charge in [-0.1, -0.05) is 42.8 Å². The topological polar surface area (TPSA) is 32.3 Å². The molecule has 2 heteroatoms. The fraction of sp³-hybridized carbons (Fsp3) is 0.412. The van der Waals surface area contributed by atoms with Gasteiger partial charge in [0, 0.05) is 18.6 Å². The number of benzene rings is 2. The number of aliphatic hydroxyl groups excluding tert-OH is 1. The third-order valence-corrected chi connectivity index (χ3v) is 3.92. The Bertz CT molecular complexity index is 546. The van der Waals surface area contributed by atoms with E-state index in [0.717, 1.165) is 6.42 Å². The molecule has 2 nitrogen and oxygen atoms in total. The lowest BCUT2D eigenvalue weighted by Crippen LogP contribution is -2.27. The van der Waals surface area contributed by atoms with Gasteiger partial charge >= 0.3 is 0 Å². The summed E-state index contributed by atoms with van der Waals surface area (Å²) < 4.78 is 0. The lowest BCUT2D eigenvalue weighted by atomic mass is 9.90. The molecule has 0 saturated carbocycles. The molecular formula is C17H23NO. The zero-order valence-corrected chi connectivity index (χ0v) is 12.0. The predicted molar refractivity (Wildman–Crippen MR) is 81.4 cm³/mol. The van der Waals surface area contributed by atoms with Crippen LogP contribution in [0.4, 0.5) is 0 Å². The highest BCUT2D eigenvalue weighted by Crippen LogP contribution is 2.27. The van der Waals surface area contributed by atoms with Crippen molar-refractivity contribution in [1.29, 1.82) is 0 Å². The molecule has 2 atom stereocenters. The molecule has 0 amide bonds. The molecule has 2 rings (SSSR count). The Morgan fingerprint density at radius 1 is 1.11 bits per heavy atom. The third-order valence-electron chi connectivity index (χ3n) is 3.92. The summed E-state index contributed by atoms with van der Waals surface area (Å²) in [7, 11) is 1.96. The minimum atomic E-state index is 0.209. The predicted octanol–water partition coefficient (Wildman–Crippen LogP) is 3.43. The van der Waals surface area contributed by atoms with Gasteiger partial charge in [0.1, 0.15) is 0 Å². The molecule has 0 radical (unpaired) electrons. The second-order valence-electron chi connectivity index (χ2n) is 5.23. The summed E-state index contributed by atoms with van der Waals surface area (Å²) >= 11 is 0. The van der Waals surface area contributed by atoms with Crippen molar-refractivity contribution in [1.82, 2.24) is 5.32 Å². The molecule has 0 aliphatic rings. The summed E-state index contributed by atoms with van der Waals surface area (Å²) in [6, 6.07) is 13.3. The van der Waals surface area contributed by atoms with Crippen LogP contribution in [0.5, 0.6) is 0 Å². The molecule has 0 spiro atoms. The lowest BCUT2D eigenvalue weighted by molar-refractivity contribution is 0.189. The molecule has 0 aliphatic heterocycles. The van der Waals surface area contributed by atoms with Crippen LogP contribution in [0.1, 0.15) is 30.5 Å². The first-order valence-corrected chi connectivity index (χ1v) is 6.98. The summed E-state index contributed by atoms with van der Waals surface area (Å²) in [6.45, 7) is 4.45. The molecule has 2 unspecified atom stereocenters. The normalized spacial score (nSPS) is 14.5. The fourth-order valence-electron chi connectivity index (χ4n) is 2.72. The van der Waals surface area contributed by atoms with Gasteiger partial charge in [-0.2, -0.15) is 0 Å². The zero-order chi connectivity index (χ0) is 13.8. The number of nitrogens with one attached hydrogen (secondary N) is 1. The number of aliphatic hydroxyl groups is 1. The second-order valence-corrected chi connectivity index (χ2v) is 5.23. The quantitative estimate of drug-likeness (QED) is 0.860. The molecule has 0 fully saturated rings. The van der Waals surface area contributed by atoms with Crippen LogP contribution < -0.4 is 5.32 Å². The van der Waals surface area contributed by atoms with Gasteiger partial charge in [0.05, 0.1) is 0 Å². The summed E-state index contributed by atoms with van der Waals surface area (Å²) in [5, 5.41) is 15.4. The maximum Gasteiger partial charge on any atom is 0.0477 e. The van der Waals surface area contributed by atoms with Crippen LogP contribution in [-0.2, 0) is 0 Å². The molecule has 0 bridgehead atoms. The highest BCUT2D eigenvalue weighted by molar-refractivity contribution is 5.83. The Hall–Kier alpha value is -1.38. The average Bonchev–Trinajstić information content (AvgIpc) is 2.44. The van der Waals surface area contributed by atoms with Crippen molar-refractivity contribution in [3.63, 3.8) is 0 Å². The highest BCUT2D eigenvalue weighted by Gasteiger charge is 2.19. The monoisotopic (exact) mass is 257 g/mol. The van der Waals surface area contributed by atoms with Gasteiger partial charge in [0.15, 0.2) is 0 Å². The molecule has 19 heavy (non-hydrogen) atoms. The standard InChI is InChI=1S/C17H23NO/c1-4-13(11-19)17(18-3)16-8-7-14-9-12(2)5-6-15(14)10-16/h5-10,13,17-19H,4,11H2,1-3H3. The van der Waals surface area contributed by atoms with E-state index < -0.39 is 0 Å². The van der Waals surface area contributed by atoms with Gasteiger partial charge in [-0.05, 0) is 42.8 Å². The van der Waals surface area contributed by atoms with Crippen LogP contribution in [-0.4, -0.2) is 18.8 Å². The van der Waals surface area contributed by atoms with E-state index in [0.29, 0.717) is 0 Å². The summed E-state index contributed by atoms with van der Waals surface area (Å²) in [4.78, 5) is 0. The lowest BCUT2D eigenvalue weighted by Gasteiger charge is -2.25. The zero-order valence-electron chi connectivity index (χ0n) is 12.0. The van der Waals surface area contributed by atoms with Crippen molar-refractivity contribution in [3.05, 3.63) is 47.5 Å². The molecule has 102 valence electrons. The summed E-state index contributed by atoms with van der Waals surface area (Å²) in [5.74, 6) is 0.257. The number of rotatable bonds is 5. The van der Waals surface area contributed by atoms with Crippen molar-refractivity contribution in [2.75, 3.05) is 13.7 Å². The van der Waals surface area contributed by atoms with Crippen LogP contribution in [0.3, 0.4) is 0 Å². The Morgan fingerprint density at radius 3 is 2.42 bits per heavy atom. The van der Waals surface area contributed by atoms with Crippen LogP contribution >= 0.6 is 0 Å². The van der Waals surface area contributed by atoms with Crippen molar-refractivity contribution >= 4 is 10.8 Å². The fourth-order valence-corrected chi connectivity index (χ4v) is 2.72. The van der Waals surface area contributed by atoms with E-state index in [1.54, 1.807) is 0 Å². The minimum Gasteiger partial charge on any atom is -0.396 e. The SMILES string of the molecule is CCC(CO)C(NC)c1ccc2cc(C)ccc2c1. The van der Waals surface area contributed by atoms with Crippen LogP contribution in [0.15, 0.2) is 36.4 Å². The van der Waals surface area contributed by atoms with E-state index in [4.69, 9.17) is 0 Å². The van der Waals surface area contributed by atoms with Gasteiger partial charge < -0.3 is 10.4 Å². The molecule has 2 aromatic rings. The highest BCUT2D eigenvalue weighted by atomic mass is 16.3. The van der Waals surface area contributed by atoms with E-state index in [9.17, 15) is 5.11 Å². The van der Waals surface area contributed by atoms with Gasteiger partial charge in [0.25, 0.3) is 0 Å². The molecule has 0 aromatic heterocycles. The van der Waals surface area contributed by atoms with Crippen molar-refractivity contribution in [2.24, 2.45) is 5.92 Å². The molecule has 2 N–H and O–H groups in total. The number of fused-ring (bicyclic) bond motifs is 1. The molecule has 0 aliphatic carbocycles. The van der Waals surface area contributed by atoms with E-state index in [1.807, 2.05) is 7.05 Å². The third kappa shape index (κ3) is 2.96. The van der Waals surface area contributed by atoms with E-state index in [-0.39, 0.29) is 18.6 Å². The van der Waals surface area contributed by atoms with Gasteiger partial charge in [-0.25, -0.2) is 0 Å². The average molecular weight is 257 g/mol. The number of aryl methyl sites for hydroxylation is 1. The Morgan fingerprint density at radius 2 is 1.79 bits per heavy atom. The summed E-state index contributed by atoms with van der Waals surface area (Å²) in [5.41, 5.74) is 2.53. The molecular weight excluding hydrogens is 234 g/mol. The molecule has 2 aromatic carbocycles. The Labute approximate surface area is 115 Å². The van der Waals surface area contributed by atoms with E-state index in [2.05, 4.69) is 55.6 Å². The maximum atomic E-state index is 9.50. The smallest absolute Gasteiger partial charge is 0.0477 e. The second kappa shape index (κ2) is 6.18. The maximum absolute atomic E-state index is 9.50.